The van der Waals surface area contributed by atoms with E-state index in [4.69, 9.17) is 4.52 Å². The Labute approximate surface area is 306 Å². The molecule has 2 saturated heterocycles. The number of hydrogen-bond acceptors (Lipinski definition) is 7. The number of urea groups is 1. The maximum atomic E-state index is 14.6. The molecular weight excluding hydrogens is 668 g/mol. The highest BCUT2D eigenvalue weighted by Crippen LogP contribution is 2.32. The third-order valence-electron chi connectivity index (χ3n) is 9.90. The van der Waals surface area contributed by atoms with Gasteiger partial charge in [-0.05, 0) is 39.6 Å². The molecular formula is C42H38N6O5. The molecule has 2 aliphatic heterocycles. The number of nitrogens with zero attached hydrogens (tertiary/aromatic N) is 5. The summed E-state index contributed by atoms with van der Waals surface area (Å²) in [7, 11) is 0. The summed E-state index contributed by atoms with van der Waals surface area (Å²) in [5.41, 5.74) is 4.18. The van der Waals surface area contributed by atoms with E-state index in [1.165, 1.54) is 0 Å². The summed E-state index contributed by atoms with van der Waals surface area (Å²) in [5.74, 6) is 0.0855. The van der Waals surface area contributed by atoms with Gasteiger partial charge in [0.1, 0.15) is 23.7 Å². The smallest absolute Gasteiger partial charge is 0.334 e. The molecule has 4 amide bonds. The molecule has 0 bridgehead atoms. The molecule has 53 heavy (non-hydrogen) atoms. The van der Waals surface area contributed by atoms with E-state index >= 15 is 0 Å². The molecule has 266 valence electrons. The van der Waals surface area contributed by atoms with Gasteiger partial charge in [0.2, 0.25) is 11.8 Å². The van der Waals surface area contributed by atoms with Crippen molar-refractivity contribution < 1.29 is 24.0 Å². The van der Waals surface area contributed by atoms with Gasteiger partial charge in [-0.2, -0.15) is 5.01 Å². The largest absolute Gasteiger partial charge is 0.508 e. The summed E-state index contributed by atoms with van der Waals surface area (Å²) in [6.07, 6.45) is -0.631. The molecule has 11 nitrogen and oxygen atoms in total. The van der Waals surface area contributed by atoms with Crippen LogP contribution in [-0.2, 0) is 35.6 Å². The lowest BCUT2D eigenvalue weighted by Gasteiger charge is -2.55. The summed E-state index contributed by atoms with van der Waals surface area (Å²) in [6, 6.07) is 40.4. The Morgan fingerprint density at radius 1 is 0.811 bits per heavy atom. The highest BCUT2D eigenvalue weighted by atomic mass is 16.5. The lowest BCUT2D eigenvalue weighted by Crippen LogP contribution is -2.76. The summed E-state index contributed by atoms with van der Waals surface area (Å²) in [5, 5.41) is 22.6. The van der Waals surface area contributed by atoms with Crippen molar-refractivity contribution in [1.82, 2.24) is 30.3 Å². The van der Waals surface area contributed by atoms with E-state index in [0.29, 0.717) is 11.5 Å². The first kappa shape index (κ1) is 33.7. The number of fused-ring (bicyclic) bond motifs is 2. The predicted molar refractivity (Wildman–Crippen MR) is 198 cm³/mol. The summed E-state index contributed by atoms with van der Waals surface area (Å²) < 4.78 is 5.76. The number of nitrogens with one attached hydrogen (secondary N) is 1. The molecule has 1 aromatic heterocycles. The summed E-state index contributed by atoms with van der Waals surface area (Å²) in [6.45, 7) is 0.558. The quantitative estimate of drug-likeness (QED) is 0.191. The van der Waals surface area contributed by atoms with Gasteiger partial charge in [-0.3, -0.25) is 9.59 Å². The fourth-order valence-electron chi connectivity index (χ4n) is 7.33. The van der Waals surface area contributed by atoms with Crippen molar-refractivity contribution >= 4 is 28.6 Å². The number of hydrogen-bond donors (Lipinski definition) is 2. The van der Waals surface area contributed by atoms with Gasteiger partial charge < -0.3 is 24.7 Å². The first-order valence-corrected chi connectivity index (χ1v) is 17.6. The number of carbonyl (C=O) groups excluding carboxylic acids is 3. The minimum Gasteiger partial charge on any atom is -0.508 e. The second-order valence-electron chi connectivity index (χ2n) is 13.4. The van der Waals surface area contributed by atoms with Gasteiger partial charge in [0.25, 0.3) is 0 Å². The number of phenols is 1. The molecule has 5 aromatic carbocycles. The molecule has 0 radical (unpaired) electrons. The molecule has 0 aliphatic carbocycles. The van der Waals surface area contributed by atoms with Gasteiger partial charge in [-0.25, -0.2) is 9.80 Å². The maximum Gasteiger partial charge on any atom is 0.334 e. The Bertz CT molecular complexity index is 2240. The molecule has 6 aromatic rings. The van der Waals surface area contributed by atoms with E-state index < -0.39 is 18.2 Å². The molecule has 2 N–H and O–H groups in total. The molecule has 2 fully saturated rings. The zero-order valence-corrected chi connectivity index (χ0v) is 28.9. The number of aromatic hydroxyl groups is 1. The SMILES string of the molecule is O=C1[C@H](Cc2ccc(O)cc2)N2C(=O)CN(Cc3cc(-c4ccccc4)no3)N(C(=O)NCc3ccccc3)[C@H]2CN1Cc1cccc2ccccc12. The number of benzene rings is 5. The van der Waals surface area contributed by atoms with Crippen molar-refractivity contribution in [2.24, 2.45) is 0 Å². The molecule has 0 spiro atoms. The van der Waals surface area contributed by atoms with Crippen molar-refractivity contribution in [2.45, 2.75) is 38.3 Å². The van der Waals surface area contributed by atoms with E-state index in [9.17, 15) is 19.5 Å². The fraction of sp³-hybridized carbons (Fsp3) is 0.190. The van der Waals surface area contributed by atoms with E-state index in [2.05, 4.69) is 10.5 Å². The van der Waals surface area contributed by atoms with E-state index in [1.807, 2.05) is 109 Å². The van der Waals surface area contributed by atoms with Gasteiger partial charge in [0.15, 0.2) is 5.76 Å². The number of piperazine rings is 1. The Hall–Kier alpha value is -6.46. The van der Waals surface area contributed by atoms with E-state index in [1.54, 1.807) is 44.1 Å². The van der Waals surface area contributed by atoms with Crippen LogP contribution in [0.3, 0.4) is 0 Å². The minimum atomic E-state index is -0.901. The molecule has 11 heteroatoms. The van der Waals surface area contributed by atoms with Crippen LogP contribution in [-0.4, -0.2) is 73.2 Å². The Morgan fingerprint density at radius 3 is 2.32 bits per heavy atom. The van der Waals surface area contributed by atoms with Crippen LogP contribution in [0.1, 0.15) is 22.5 Å². The molecule has 0 unspecified atom stereocenters. The van der Waals surface area contributed by atoms with Gasteiger partial charge >= 0.3 is 6.03 Å². The number of amides is 4. The lowest BCUT2D eigenvalue weighted by molar-refractivity contribution is -0.193. The van der Waals surface area contributed by atoms with Crippen LogP contribution in [0.2, 0.25) is 0 Å². The van der Waals surface area contributed by atoms with Crippen LogP contribution in [0.25, 0.3) is 22.0 Å². The van der Waals surface area contributed by atoms with E-state index in [-0.39, 0.29) is 56.7 Å². The van der Waals surface area contributed by atoms with Crippen molar-refractivity contribution in [3.63, 3.8) is 0 Å². The van der Waals surface area contributed by atoms with Crippen LogP contribution in [0, 0.1) is 0 Å². The first-order valence-electron chi connectivity index (χ1n) is 17.6. The molecule has 3 heterocycles. The topological polar surface area (TPSA) is 122 Å². The minimum absolute atomic E-state index is 0.0841. The van der Waals surface area contributed by atoms with Crippen LogP contribution in [0.5, 0.6) is 5.75 Å². The van der Waals surface area contributed by atoms with Crippen LogP contribution in [0.4, 0.5) is 4.79 Å². The zero-order valence-electron chi connectivity index (χ0n) is 28.9. The number of carbonyl (C=O) groups is 3. The second kappa shape index (κ2) is 14.6. The highest BCUT2D eigenvalue weighted by molar-refractivity contribution is 5.92. The monoisotopic (exact) mass is 706 g/mol. The van der Waals surface area contributed by atoms with Crippen LogP contribution in [0.15, 0.2) is 138 Å². The first-order chi connectivity index (χ1) is 25.9. The third-order valence-corrected chi connectivity index (χ3v) is 9.90. The van der Waals surface area contributed by atoms with Gasteiger partial charge in [-0.15, -0.1) is 0 Å². The van der Waals surface area contributed by atoms with Crippen LogP contribution >= 0.6 is 0 Å². The normalized spacial score (nSPS) is 17.6. The number of rotatable bonds is 9. The highest BCUT2D eigenvalue weighted by Gasteiger charge is 2.51. The van der Waals surface area contributed by atoms with Crippen molar-refractivity contribution in [3.8, 4) is 17.0 Å². The fourth-order valence-corrected chi connectivity index (χ4v) is 7.33. The zero-order chi connectivity index (χ0) is 36.3. The molecule has 8 rings (SSSR count). The van der Waals surface area contributed by atoms with Crippen molar-refractivity contribution in [3.05, 3.63) is 156 Å². The molecule has 2 atom stereocenters. The lowest BCUT2D eigenvalue weighted by atomic mass is 9.97. The summed E-state index contributed by atoms with van der Waals surface area (Å²) >= 11 is 0. The third kappa shape index (κ3) is 7.07. The number of aromatic nitrogens is 1. The Kier molecular flexibility index (Phi) is 9.30. The number of hydrazine groups is 1. The van der Waals surface area contributed by atoms with Crippen molar-refractivity contribution in [1.29, 1.82) is 0 Å². The standard InChI is InChI=1S/C42H38N6O5/c49-34-20-18-29(19-21-34)22-38-41(51)45(25-33-16-9-15-31-12-7-8-17-36(31)33)27-39-47(38)40(50)28-46(48(39)42(52)43-24-30-10-3-1-4-11-30)26-35-23-37(44-53-35)32-13-5-2-6-14-32/h1-21,23,38-39,49H,22,24-28H2,(H,43,52)/t38-,39-/m0/s1. The van der Waals surface area contributed by atoms with Gasteiger partial charge in [-0.1, -0.05) is 120 Å². The summed E-state index contributed by atoms with van der Waals surface area (Å²) in [4.78, 5) is 46.6. The molecule has 2 aliphatic rings. The number of phenolic OH excluding ortho intramolecular Hbond substituents is 1. The van der Waals surface area contributed by atoms with Gasteiger partial charge in [0.05, 0.1) is 19.6 Å². The van der Waals surface area contributed by atoms with E-state index in [0.717, 1.165) is 33.0 Å². The Morgan fingerprint density at radius 2 is 1.53 bits per heavy atom. The van der Waals surface area contributed by atoms with Crippen molar-refractivity contribution in [2.75, 3.05) is 13.1 Å². The Balaban J connectivity index is 1.16. The average Bonchev–Trinajstić information content (AvgIpc) is 3.66. The maximum absolute atomic E-state index is 14.6. The second-order valence-corrected chi connectivity index (χ2v) is 13.4. The van der Waals surface area contributed by atoms with Crippen LogP contribution < -0.4 is 5.32 Å². The average molecular weight is 707 g/mol. The molecule has 0 saturated carbocycles. The van der Waals surface area contributed by atoms with Gasteiger partial charge in [0, 0.05) is 31.1 Å². The predicted octanol–water partition coefficient (Wildman–Crippen LogP) is 5.95.